The van der Waals surface area contributed by atoms with Crippen LogP contribution in [-0.4, -0.2) is 28.0 Å². The Balaban J connectivity index is 0.000000302. The topological polar surface area (TPSA) is 41.1 Å². The van der Waals surface area contributed by atoms with Gasteiger partial charge in [0.1, 0.15) is 0 Å². The van der Waals surface area contributed by atoms with E-state index < -0.39 is 0 Å². The smallest absolute Gasteiger partial charge is 0.227 e. The van der Waals surface area contributed by atoms with Crippen LogP contribution in [0.3, 0.4) is 0 Å². The maximum atomic E-state index is 4.70. The molecule has 0 saturated heterocycles. The second kappa shape index (κ2) is 13.2. The molecule has 2 fully saturated rings. The summed E-state index contributed by atoms with van der Waals surface area (Å²) in [5.74, 6) is 0.649. The van der Waals surface area contributed by atoms with Crippen LogP contribution in [0, 0.1) is 12.3 Å². The fourth-order valence-corrected chi connectivity index (χ4v) is 4.99. The van der Waals surface area contributed by atoms with Crippen molar-refractivity contribution in [2.75, 3.05) is 12.4 Å². The molecule has 4 rings (SSSR count). The minimum atomic E-state index is 0.177. The van der Waals surface area contributed by atoms with Crippen molar-refractivity contribution < 1.29 is 0 Å². The van der Waals surface area contributed by atoms with E-state index in [1.165, 1.54) is 53.5 Å². The molecule has 0 aliphatic heterocycles. The summed E-state index contributed by atoms with van der Waals surface area (Å²) < 4.78 is 0. The highest BCUT2D eigenvalue weighted by molar-refractivity contribution is 5.65. The summed E-state index contributed by atoms with van der Waals surface area (Å²) in [4.78, 5) is 11.5. The van der Waals surface area contributed by atoms with Gasteiger partial charge in [-0.15, -0.1) is 0 Å². The number of anilines is 2. The Morgan fingerprint density at radius 1 is 1.12 bits per heavy atom. The van der Waals surface area contributed by atoms with Crippen molar-refractivity contribution in [3.63, 3.8) is 0 Å². The van der Waals surface area contributed by atoms with Crippen LogP contribution in [0.5, 0.6) is 0 Å². The van der Waals surface area contributed by atoms with Crippen molar-refractivity contribution in [3.05, 3.63) is 88.8 Å². The molecule has 222 valence electrons. The number of nitrogens with zero attached hydrogens (tertiary/aromatic N) is 3. The lowest BCUT2D eigenvalue weighted by Gasteiger charge is -2.22. The number of aryl methyl sites for hydroxylation is 2. The van der Waals surface area contributed by atoms with E-state index in [2.05, 4.69) is 121 Å². The fraction of sp³-hybridized carbons (Fsp3) is 0.514. The number of nitrogens with one attached hydrogen (secondary N) is 1. The van der Waals surface area contributed by atoms with Gasteiger partial charge in [-0.05, 0) is 105 Å². The molecule has 0 radical (unpaired) electrons. The summed E-state index contributed by atoms with van der Waals surface area (Å²) >= 11 is 0. The molecule has 2 aromatic rings. The Labute approximate surface area is 250 Å². The quantitative estimate of drug-likeness (QED) is 0.297. The van der Waals surface area contributed by atoms with Crippen LogP contribution in [0.15, 0.2) is 66.4 Å². The Hall–Kier alpha value is -3.14. The maximum absolute atomic E-state index is 4.70. The first-order valence-corrected chi connectivity index (χ1v) is 15.3. The van der Waals surface area contributed by atoms with E-state index in [-0.39, 0.29) is 5.41 Å². The lowest BCUT2D eigenvalue weighted by molar-refractivity contribution is 0.471. The third-order valence-electron chi connectivity index (χ3n) is 8.39. The lowest BCUT2D eigenvalue weighted by atomic mass is 9.83. The van der Waals surface area contributed by atoms with Crippen LogP contribution >= 0.6 is 0 Å². The summed E-state index contributed by atoms with van der Waals surface area (Å²) in [6.45, 7) is 27.9. The first-order valence-electron chi connectivity index (χ1n) is 15.3. The van der Waals surface area contributed by atoms with Crippen LogP contribution in [0.25, 0.3) is 5.70 Å². The van der Waals surface area contributed by atoms with E-state index in [0.717, 1.165) is 35.5 Å². The largest absolute Gasteiger partial charge is 0.372 e. The van der Waals surface area contributed by atoms with Gasteiger partial charge in [-0.2, -0.15) is 0 Å². The first kappa shape index (κ1) is 32.4. The molecular weight excluding hydrogens is 500 g/mol. The van der Waals surface area contributed by atoms with Gasteiger partial charge in [0, 0.05) is 36.2 Å². The third kappa shape index (κ3) is 8.92. The molecule has 2 saturated carbocycles. The molecule has 2 aliphatic rings. The van der Waals surface area contributed by atoms with Gasteiger partial charge in [0.15, 0.2) is 0 Å². The van der Waals surface area contributed by atoms with Gasteiger partial charge >= 0.3 is 0 Å². The molecule has 1 N–H and O–H groups in total. The minimum Gasteiger partial charge on any atom is -0.372 e. The predicted octanol–water partition coefficient (Wildman–Crippen LogP) is 10.1. The molecule has 0 atom stereocenters. The Bertz CT molecular complexity index is 1310. The second-order valence-corrected chi connectivity index (χ2v) is 13.6. The molecule has 0 unspecified atom stereocenters. The van der Waals surface area contributed by atoms with Crippen molar-refractivity contribution in [1.29, 1.82) is 0 Å². The van der Waals surface area contributed by atoms with Crippen molar-refractivity contribution in [2.24, 2.45) is 5.41 Å². The van der Waals surface area contributed by atoms with E-state index in [0.29, 0.717) is 17.4 Å². The molecule has 4 heteroatoms. The minimum absolute atomic E-state index is 0.177. The standard InChI is InChI=1S/C24H32N4.C13H22/c1-6-7-18-14-19(8-11-22(18)24(4)12-13-24)27-23-25-15-21(16(2)26-23)17(3)28(5)20-9-10-20;1-10(2)8-9-11(3)12(4)13(5,6)7/h8,11,14-15,20H,3,6-7,9-10,12-13H2,1-2,4-5H3,(H,25,26,27);8-9H,4H2,1-3,5-7H3/b;11-9-. The average Bonchev–Trinajstić information content (AvgIpc) is 3.84. The second-order valence-electron chi connectivity index (χ2n) is 13.6. The zero-order chi connectivity index (χ0) is 30.5. The zero-order valence-electron chi connectivity index (χ0n) is 27.5. The molecule has 0 bridgehead atoms. The number of allylic oxidation sites excluding steroid dienone is 5. The lowest BCUT2D eigenvalue weighted by Crippen LogP contribution is -2.19. The molecule has 0 amide bonds. The molecule has 1 heterocycles. The fourth-order valence-electron chi connectivity index (χ4n) is 4.99. The summed E-state index contributed by atoms with van der Waals surface area (Å²) in [7, 11) is 2.11. The highest BCUT2D eigenvalue weighted by atomic mass is 15.2. The van der Waals surface area contributed by atoms with Gasteiger partial charge in [-0.3, -0.25) is 0 Å². The monoisotopic (exact) mass is 554 g/mol. The molecular formula is C37H54N4. The van der Waals surface area contributed by atoms with Crippen LogP contribution in [0.1, 0.15) is 110 Å². The first-order chi connectivity index (χ1) is 19.2. The van der Waals surface area contributed by atoms with Gasteiger partial charge in [0.2, 0.25) is 5.95 Å². The van der Waals surface area contributed by atoms with Crippen molar-refractivity contribution >= 4 is 17.3 Å². The summed E-state index contributed by atoms with van der Waals surface area (Å²) in [6.07, 6.45) is 13.6. The van der Waals surface area contributed by atoms with Crippen LogP contribution in [-0.2, 0) is 11.8 Å². The molecule has 1 aromatic heterocycles. The SMILES string of the molecule is C=C(/C(C)=C\C=C(C)C)C(C)(C)C.C=C(c1cnc(Nc2ccc(C3(C)CC3)c(CCC)c2)nc1C)N(C)C1CC1. The van der Waals surface area contributed by atoms with Crippen LogP contribution in [0.4, 0.5) is 11.6 Å². The van der Waals surface area contributed by atoms with Crippen LogP contribution in [0.2, 0.25) is 0 Å². The number of aromatic nitrogens is 2. The average molecular weight is 555 g/mol. The Kier molecular flexibility index (Phi) is 10.4. The van der Waals surface area contributed by atoms with E-state index >= 15 is 0 Å². The molecule has 2 aliphatic carbocycles. The number of hydrogen-bond acceptors (Lipinski definition) is 4. The summed E-state index contributed by atoms with van der Waals surface area (Å²) in [6, 6.07) is 7.39. The van der Waals surface area contributed by atoms with Crippen molar-refractivity contribution in [3.8, 4) is 0 Å². The molecule has 41 heavy (non-hydrogen) atoms. The molecule has 1 aromatic carbocycles. The van der Waals surface area contributed by atoms with Crippen LogP contribution < -0.4 is 5.32 Å². The van der Waals surface area contributed by atoms with E-state index in [1.807, 2.05) is 13.1 Å². The van der Waals surface area contributed by atoms with E-state index in [4.69, 9.17) is 4.98 Å². The molecule has 4 nitrogen and oxygen atoms in total. The number of benzene rings is 1. The van der Waals surface area contributed by atoms with Gasteiger partial charge < -0.3 is 10.2 Å². The maximum Gasteiger partial charge on any atom is 0.227 e. The zero-order valence-corrected chi connectivity index (χ0v) is 27.5. The van der Waals surface area contributed by atoms with Gasteiger partial charge in [-0.25, -0.2) is 9.97 Å². The van der Waals surface area contributed by atoms with E-state index in [1.54, 1.807) is 0 Å². The van der Waals surface area contributed by atoms with Gasteiger partial charge in [0.05, 0.1) is 5.69 Å². The van der Waals surface area contributed by atoms with Gasteiger partial charge in [0.25, 0.3) is 0 Å². The summed E-state index contributed by atoms with van der Waals surface area (Å²) in [5.41, 5.74) is 11.4. The normalized spacial score (nSPS) is 15.8. The highest BCUT2D eigenvalue weighted by Gasteiger charge is 2.40. The predicted molar refractivity (Wildman–Crippen MR) is 179 cm³/mol. The number of rotatable bonds is 10. The summed E-state index contributed by atoms with van der Waals surface area (Å²) in [5, 5.41) is 3.41. The van der Waals surface area contributed by atoms with Gasteiger partial charge in [-0.1, -0.05) is 78.0 Å². The Morgan fingerprint density at radius 3 is 2.29 bits per heavy atom. The van der Waals surface area contributed by atoms with Crippen molar-refractivity contribution in [1.82, 2.24) is 14.9 Å². The third-order valence-corrected chi connectivity index (χ3v) is 8.39. The Morgan fingerprint density at radius 2 is 1.78 bits per heavy atom. The highest BCUT2D eigenvalue weighted by Crippen LogP contribution is 2.49. The van der Waals surface area contributed by atoms with E-state index in [9.17, 15) is 0 Å². The van der Waals surface area contributed by atoms with Crippen molar-refractivity contribution in [2.45, 2.75) is 112 Å². The number of hydrogen-bond donors (Lipinski definition) is 1. The molecule has 0 spiro atoms.